The third-order valence-electron chi connectivity index (χ3n) is 1.86. The second kappa shape index (κ2) is 2.76. The summed E-state index contributed by atoms with van der Waals surface area (Å²) in [4.78, 5) is 4.26. The number of hydrogen-bond donors (Lipinski definition) is 0. The predicted molar refractivity (Wildman–Crippen MR) is 51.5 cm³/mol. The zero-order chi connectivity index (χ0) is 8.55. The van der Waals surface area contributed by atoms with Crippen molar-refractivity contribution >= 4 is 22.5 Å². The van der Waals surface area contributed by atoms with Gasteiger partial charge in [0.1, 0.15) is 0 Å². The smallest absolute Gasteiger partial charge is 0.0732 e. The van der Waals surface area contributed by atoms with Crippen molar-refractivity contribution in [1.29, 1.82) is 0 Å². The number of hydrogen-bond acceptors (Lipinski definition) is 1. The van der Waals surface area contributed by atoms with Gasteiger partial charge in [0, 0.05) is 16.6 Å². The molecule has 1 aromatic heterocycles. The summed E-state index contributed by atoms with van der Waals surface area (Å²) in [6.07, 6.45) is 1.79. The molecule has 2 aromatic rings. The van der Waals surface area contributed by atoms with E-state index in [9.17, 15) is 0 Å². The Morgan fingerprint density at radius 1 is 1.33 bits per heavy atom. The average Bonchev–Trinajstić information content (AvgIpc) is 2.04. The van der Waals surface area contributed by atoms with Gasteiger partial charge in [-0.2, -0.15) is 0 Å². The summed E-state index contributed by atoms with van der Waals surface area (Å²) < 4.78 is 0. The minimum atomic E-state index is 0.771. The van der Waals surface area contributed by atoms with E-state index in [0.717, 1.165) is 21.5 Å². The van der Waals surface area contributed by atoms with Gasteiger partial charge in [0.25, 0.3) is 0 Å². The van der Waals surface area contributed by atoms with Gasteiger partial charge in [0.05, 0.1) is 5.52 Å². The minimum absolute atomic E-state index is 0.771. The van der Waals surface area contributed by atoms with Crippen LogP contribution in [0, 0.1) is 6.92 Å². The summed E-state index contributed by atoms with van der Waals surface area (Å²) in [6.45, 7) is 2.02. The van der Waals surface area contributed by atoms with E-state index in [1.54, 1.807) is 6.20 Å². The van der Waals surface area contributed by atoms with Gasteiger partial charge in [-0.15, -0.1) is 0 Å². The molecular formula is C10H8ClN. The third-order valence-corrected chi connectivity index (χ3v) is 2.08. The Hall–Kier alpha value is -1.08. The number of pyridine rings is 1. The van der Waals surface area contributed by atoms with Crippen molar-refractivity contribution in [2.45, 2.75) is 6.92 Å². The standard InChI is InChI=1S/C10H8ClN/c1-7-5-9(11)6-8-3-2-4-12-10(7)8/h2-6H,1H3. The molecule has 0 unspecified atom stereocenters. The molecule has 60 valence electrons. The van der Waals surface area contributed by atoms with Gasteiger partial charge in [-0.3, -0.25) is 4.98 Å². The van der Waals surface area contributed by atoms with Crippen molar-refractivity contribution in [3.8, 4) is 0 Å². The molecule has 0 bridgehead atoms. The fourth-order valence-corrected chi connectivity index (χ4v) is 1.61. The lowest BCUT2D eigenvalue weighted by Crippen LogP contribution is -1.81. The van der Waals surface area contributed by atoms with Crippen molar-refractivity contribution in [1.82, 2.24) is 4.98 Å². The molecule has 0 aliphatic rings. The zero-order valence-corrected chi connectivity index (χ0v) is 7.47. The lowest BCUT2D eigenvalue weighted by Gasteiger charge is -2.00. The van der Waals surface area contributed by atoms with Crippen LogP contribution in [0.1, 0.15) is 5.56 Å². The molecule has 0 radical (unpaired) electrons. The minimum Gasteiger partial charge on any atom is -0.256 e. The number of nitrogens with zero attached hydrogens (tertiary/aromatic N) is 1. The number of halogens is 1. The van der Waals surface area contributed by atoms with E-state index in [4.69, 9.17) is 11.6 Å². The Morgan fingerprint density at radius 2 is 2.17 bits per heavy atom. The molecule has 0 atom stereocenters. The SMILES string of the molecule is Cc1cc(Cl)cc2cccnc12. The molecule has 0 fully saturated rings. The molecule has 2 heteroatoms. The topological polar surface area (TPSA) is 12.9 Å². The lowest BCUT2D eigenvalue weighted by molar-refractivity contribution is 1.37. The first-order valence-electron chi connectivity index (χ1n) is 3.78. The second-order valence-electron chi connectivity index (χ2n) is 2.80. The number of aryl methyl sites for hydroxylation is 1. The lowest BCUT2D eigenvalue weighted by atomic mass is 10.1. The third kappa shape index (κ3) is 1.16. The van der Waals surface area contributed by atoms with Crippen molar-refractivity contribution in [3.05, 3.63) is 41.0 Å². The van der Waals surface area contributed by atoms with Gasteiger partial charge < -0.3 is 0 Å². The summed E-state index contributed by atoms with van der Waals surface area (Å²) in [5, 5.41) is 1.87. The molecule has 1 nitrogen and oxygen atoms in total. The number of benzene rings is 1. The normalized spacial score (nSPS) is 10.5. The van der Waals surface area contributed by atoms with Crippen molar-refractivity contribution in [2.75, 3.05) is 0 Å². The highest BCUT2D eigenvalue weighted by molar-refractivity contribution is 6.31. The van der Waals surface area contributed by atoms with Gasteiger partial charge in [-0.05, 0) is 30.7 Å². The maximum Gasteiger partial charge on any atom is 0.0732 e. The van der Waals surface area contributed by atoms with Crippen LogP contribution in [-0.2, 0) is 0 Å². The van der Waals surface area contributed by atoms with E-state index < -0.39 is 0 Å². The molecule has 0 saturated heterocycles. The van der Waals surface area contributed by atoms with Crippen LogP contribution in [0.5, 0.6) is 0 Å². The molecule has 0 aliphatic carbocycles. The first-order chi connectivity index (χ1) is 5.77. The van der Waals surface area contributed by atoms with Crippen LogP contribution in [0.2, 0.25) is 5.02 Å². The average molecular weight is 178 g/mol. The van der Waals surface area contributed by atoms with E-state index >= 15 is 0 Å². The Labute approximate surface area is 76.0 Å². The molecule has 0 N–H and O–H groups in total. The molecule has 0 spiro atoms. The molecule has 1 aromatic carbocycles. The summed E-state index contributed by atoms with van der Waals surface area (Å²) in [6, 6.07) is 7.78. The van der Waals surface area contributed by atoms with Gasteiger partial charge in [-0.25, -0.2) is 0 Å². The Kier molecular flexibility index (Phi) is 1.74. The van der Waals surface area contributed by atoms with E-state index in [-0.39, 0.29) is 0 Å². The predicted octanol–water partition coefficient (Wildman–Crippen LogP) is 3.20. The van der Waals surface area contributed by atoms with Crippen molar-refractivity contribution in [3.63, 3.8) is 0 Å². The first-order valence-corrected chi connectivity index (χ1v) is 4.16. The first kappa shape index (κ1) is 7.56. The molecule has 0 aliphatic heterocycles. The second-order valence-corrected chi connectivity index (χ2v) is 3.23. The molecule has 12 heavy (non-hydrogen) atoms. The fourth-order valence-electron chi connectivity index (χ4n) is 1.33. The van der Waals surface area contributed by atoms with Crippen LogP contribution in [0.15, 0.2) is 30.5 Å². The largest absolute Gasteiger partial charge is 0.256 e. The Bertz CT molecular complexity index is 423. The van der Waals surface area contributed by atoms with Crippen LogP contribution in [-0.4, -0.2) is 4.98 Å². The molecule has 0 amide bonds. The van der Waals surface area contributed by atoms with E-state index in [0.29, 0.717) is 0 Å². The maximum atomic E-state index is 5.90. The van der Waals surface area contributed by atoms with Crippen LogP contribution < -0.4 is 0 Å². The van der Waals surface area contributed by atoms with Crippen LogP contribution in [0.4, 0.5) is 0 Å². The van der Waals surface area contributed by atoms with Crippen LogP contribution in [0.3, 0.4) is 0 Å². The fraction of sp³-hybridized carbons (Fsp3) is 0.100. The van der Waals surface area contributed by atoms with E-state index in [1.807, 2.05) is 31.2 Å². The van der Waals surface area contributed by atoms with Crippen LogP contribution >= 0.6 is 11.6 Å². The summed E-state index contributed by atoms with van der Waals surface area (Å²) in [5.74, 6) is 0. The zero-order valence-electron chi connectivity index (χ0n) is 6.71. The van der Waals surface area contributed by atoms with Gasteiger partial charge in [-0.1, -0.05) is 17.7 Å². The van der Waals surface area contributed by atoms with Gasteiger partial charge in [0.15, 0.2) is 0 Å². The summed E-state index contributed by atoms with van der Waals surface area (Å²) in [7, 11) is 0. The van der Waals surface area contributed by atoms with Gasteiger partial charge >= 0.3 is 0 Å². The molecule has 0 saturated carbocycles. The van der Waals surface area contributed by atoms with Crippen molar-refractivity contribution < 1.29 is 0 Å². The number of rotatable bonds is 0. The van der Waals surface area contributed by atoms with E-state index in [1.165, 1.54) is 0 Å². The van der Waals surface area contributed by atoms with Gasteiger partial charge in [0.2, 0.25) is 0 Å². The highest BCUT2D eigenvalue weighted by atomic mass is 35.5. The molecule has 2 rings (SSSR count). The molecule has 1 heterocycles. The van der Waals surface area contributed by atoms with Crippen molar-refractivity contribution in [2.24, 2.45) is 0 Å². The highest BCUT2D eigenvalue weighted by Gasteiger charge is 1.98. The number of fused-ring (bicyclic) bond motifs is 1. The monoisotopic (exact) mass is 177 g/mol. The Morgan fingerprint density at radius 3 is 3.00 bits per heavy atom. The summed E-state index contributed by atoms with van der Waals surface area (Å²) in [5.41, 5.74) is 2.15. The molecular weight excluding hydrogens is 170 g/mol. The van der Waals surface area contributed by atoms with Crippen LogP contribution in [0.25, 0.3) is 10.9 Å². The summed E-state index contributed by atoms with van der Waals surface area (Å²) >= 11 is 5.90. The van der Waals surface area contributed by atoms with E-state index in [2.05, 4.69) is 4.98 Å². The highest BCUT2D eigenvalue weighted by Crippen LogP contribution is 2.20. The maximum absolute atomic E-state index is 5.90. The Balaban J connectivity index is 2.89. The number of aromatic nitrogens is 1. The quantitative estimate of drug-likeness (QED) is 0.602.